The van der Waals surface area contributed by atoms with Crippen molar-refractivity contribution in [3.8, 4) is 5.75 Å². The molecule has 2 aliphatic rings. The maximum absolute atomic E-state index is 13.5. The van der Waals surface area contributed by atoms with Crippen LogP contribution in [0, 0.1) is 0 Å². The number of amides is 1. The van der Waals surface area contributed by atoms with Gasteiger partial charge in [-0.25, -0.2) is 0 Å². The highest BCUT2D eigenvalue weighted by atomic mass is 16.5. The van der Waals surface area contributed by atoms with Gasteiger partial charge in [-0.15, -0.1) is 0 Å². The maximum Gasteiger partial charge on any atom is 0.227 e. The Morgan fingerprint density at radius 1 is 1.06 bits per heavy atom. The number of anilines is 1. The molecule has 1 N–H and O–H groups in total. The average molecular weight is 436 g/mol. The van der Waals surface area contributed by atoms with Gasteiger partial charge in [-0.1, -0.05) is 30.3 Å². The van der Waals surface area contributed by atoms with E-state index in [0.717, 1.165) is 42.9 Å². The van der Waals surface area contributed by atoms with E-state index in [0.29, 0.717) is 37.7 Å². The van der Waals surface area contributed by atoms with Crippen LogP contribution >= 0.6 is 0 Å². The molecule has 2 heterocycles. The second-order valence-electron chi connectivity index (χ2n) is 9.33. The van der Waals surface area contributed by atoms with Gasteiger partial charge in [-0.3, -0.25) is 9.69 Å². The first kappa shape index (κ1) is 22.7. The molecule has 1 saturated heterocycles. The molecule has 0 unspecified atom stereocenters. The number of benzene rings is 2. The van der Waals surface area contributed by atoms with Gasteiger partial charge in [-0.2, -0.15) is 0 Å². The van der Waals surface area contributed by atoms with Gasteiger partial charge in [-0.05, 0) is 69.4 Å². The Morgan fingerprint density at radius 3 is 2.56 bits per heavy atom. The van der Waals surface area contributed by atoms with Crippen molar-refractivity contribution in [2.24, 2.45) is 0 Å². The van der Waals surface area contributed by atoms with E-state index in [1.165, 1.54) is 12.0 Å². The van der Waals surface area contributed by atoms with Crippen LogP contribution in [0.2, 0.25) is 0 Å². The van der Waals surface area contributed by atoms with Crippen molar-refractivity contribution in [3.63, 3.8) is 0 Å². The zero-order valence-corrected chi connectivity index (χ0v) is 19.7. The molecule has 32 heavy (non-hydrogen) atoms. The number of carbonyl (C=O) groups is 1. The average Bonchev–Trinajstić information content (AvgIpc) is 3.16. The summed E-state index contributed by atoms with van der Waals surface area (Å²) in [5.41, 5.74) is 3.38. The van der Waals surface area contributed by atoms with Gasteiger partial charge in [0.15, 0.2) is 0 Å². The molecule has 0 radical (unpaired) electrons. The zero-order valence-electron chi connectivity index (χ0n) is 19.7. The molecule has 172 valence electrons. The molecule has 2 aromatic rings. The smallest absolute Gasteiger partial charge is 0.227 e. The summed E-state index contributed by atoms with van der Waals surface area (Å²) < 4.78 is 5.55. The molecule has 2 bridgehead atoms. The van der Waals surface area contributed by atoms with E-state index in [9.17, 15) is 4.79 Å². The fourth-order valence-corrected chi connectivity index (χ4v) is 5.38. The van der Waals surface area contributed by atoms with Crippen molar-refractivity contribution in [2.45, 2.75) is 71.1 Å². The molecule has 2 aliphatic heterocycles. The molecule has 2 aromatic carbocycles. The van der Waals surface area contributed by atoms with E-state index in [-0.39, 0.29) is 5.91 Å². The minimum Gasteiger partial charge on any atom is -0.494 e. The van der Waals surface area contributed by atoms with Crippen LogP contribution in [0.1, 0.15) is 51.2 Å². The van der Waals surface area contributed by atoms with Crippen LogP contribution in [-0.4, -0.2) is 53.5 Å². The second-order valence-corrected chi connectivity index (χ2v) is 9.33. The van der Waals surface area contributed by atoms with Gasteiger partial charge < -0.3 is 15.0 Å². The van der Waals surface area contributed by atoms with Crippen LogP contribution in [0.25, 0.3) is 0 Å². The van der Waals surface area contributed by atoms with Crippen LogP contribution in [-0.2, 0) is 17.8 Å². The summed E-state index contributed by atoms with van der Waals surface area (Å²) in [5.74, 6) is 1.04. The molecule has 5 nitrogen and oxygen atoms in total. The molecule has 0 aliphatic carbocycles. The summed E-state index contributed by atoms with van der Waals surface area (Å²) in [6, 6.07) is 17.9. The predicted octanol–water partition coefficient (Wildman–Crippen LogP) is 4.71. The highest BCUT2D eigenvalue weighted by Gasteiger charge is 2.36. The van der Waals surface area contributed by atoms with Crippen molar-refractivity contribution in [2.75, 3.05) is 25.0 Å². The Bertz CT molecular complexity index is 896. The SMILES string of the molecule is CCOc1ccc(CC(=O)N2Cc3ccccc3NCC[C@H]3CC[C@@H](C2)N3C(C)C)cc1. The lowest BCUT2D eigenvalue weighted by Crippen LogP contribution is -2.48. The molecular formula is C27H37N3O2. The third-order valence-corrected chi connectivity index (χ3v) is 6.82. The molecule has 0 spiro atoms. The van der Waals surface area contributed by atoms with Crippen LogP contribution in [0.4, 0.5) is 5.69 Å². The molecule has 0 aromatic heterocycles. The fraction of sp³-hybridized carbons (Fsp3) is 0.519. The van der Waals surface area contributed by atoms with Gasteiger partial charge in [0.05, 0.1) is 13.0 Å². The summed E-state index contributed by atoms with van der Waals surface area (Å²) in [6.07, 6.45) is 3.94. The van der Waals surface area contributed by atoms with Gasteiger partial charge in [0.2, 0.25) is 5.91 Å². The Hall–Kier alpha value is -2.53. The minimum atomic E-state index is 0.190. The molecule has 4 rings (SSSR count). The van der Waals surface area contributed by atoms with Crippen molar-refractivity contribution >= 4 is 11.6 Å². The zero-order chi connectivity index (χ0) is 22.5. The van der Waals surface area contributed by atoms with Crippen molar-refractivity contribution < 1.29 is 9.53 Å². The number of nitrogens with one attached hydrogen (secondary N) is 1. The lowest BCUT2D eigenvalue weighted by molar-refractivity contribution is -0.132. The Labute approximate surface area is 192 Å². The first-order valence-electron chi connectivity index (χ1n) is 12.1. The van der Waals surface area contributed by atoms with E-state index in [2.05, 4.69) is 53.2 Å². The topological polar surface area (TPSA) is 44.8 Å². The molecule has 0 saturated carbocycles. The second kappa shape index (κ2) is 10.4. The molecule has 5 heteroatoms. The van der Waals surface area contributed by atoms with Gasteiger partial charge >= 0.3 is 0 Å². The maximum atomic E-state index is 13.5. The van der Waals surface area contributed by atoms with E-state index >= 15 is 0 Å². The van der Waals surface area contributed by atoms with E-state index < -0.39 is 0 Å². The number of rotatable bonds is 5. The van der Waals surface area contributed by atoms with Crippen LogP contribution in [0.15, 0.2) is 48.5 Å². The Kier molecular flexibility index (Phi) is 7.36. The first-order valence-corrected chi connectivity index (χ1v) is 12.1. The van der Waals surface area contributed by atoms with Gasteiger partial charge in [0.1, 0.15) is 5.75 Å². The molecular weight excluding hydrogens is 398 g/mol. The van der Waals surface area contributed by atoms with Crippen LogP contribution in [0.5, 0.6) is 5.75 Å². The van der Waals surface area contributed by atoms with Crippen molar-refractivity contribution in [1.82, 2.24) is 9.80 Å². The highest BCUT2D eigenvalue weighted by Crippen LogP contribution is 2.31. The number of ether oxygens (including phenoxy) is 1. The number of carbonyl (C=O) groups excluding carboxylic acids is 1. The molecule has 2 atom stereocenters. The number of nitrogens with zero attached hydrogens (tertiary/aromatic N) is 2. The van der Waals surface area contributed by atoms with Crippen molar-refractivity contribution in [1.29, 1.82) is 0 Å². The van der Waals surface area contributed by atoms with E-state index in [4.69, 9.17) is 4.74 Å². The normalized spacial score (nSPS) is 21.6. The molecule has 1 amide bonds. The third-order valence-electron chi connectivity index (χ3n) is 6.82. The summed E-state index contributed by atoms with van der Waals surface area (Å²) >= 11 is 0. The number of hydrogen-bond donors (Lipinski definition) is 1. The van der Waals surface area contributed by atoms with Crippen LogP contribution in [0.3, 0.4) is 0 Å². The number of para-hydroxylation sites is 1. The number of hydrogen-bond acceptors (Lipinski definition) is 4. The highest BCUT2D eigenvalue weighted by molar-refractivity contribution is 5.79. The first-order chi connectivity index (χ1) is 15.5. The third kappa shape index (κ3) is 5.26. The van der Waals surface area contributed by atoms with E-state index in [1.54, 1.807) is 0 Å². The van der Waals surface area contributed by atoms with Crippen molar-refractivity contribution in [3.05, 3.63) is 59.7 Å². The molecule has 1 fully saturated rings. The Balaban J connectivity index is 1.57. The summed E-state index contributed by atoms with van der Waals surface area (Å²) in [5, 5.41) is 3.65. The fourth-order valence-electron chi connectivity index (χ4n) is 5.38. The Morgan fingerprint density at radius 2 is 1.81 bits per heavy atom. The summed E-state index contributed by atoms with van der Waals surface area (Å²) in [7, 11) is 0. The van der Waals surface area contributed by atoms with Gasteiger partial charge in [0, 0.05) is 43.4 Å². The monoisotopic (exact) mass is 435 g/mol. The lowest BCUT2D eigenvalue weighted by atomic mass is 10.1. The standard InChI is InChI=1S/C27H37N3O2/c1-4-32-25-13-9-21(10-14-25)17-27(31)29-18-22-7-5-6-8-26(22)28-16-15-23-11-12-24(19-29)30(23)20(2)3/h5-10,13-14,20,23-24,28H,4,11-12,15-19H2,1-3H3/t23-,24+/m1/s1. The van der Waals surface area contributed by atoms with Gasteiger partial charge in [0.25, 0.3) is 0 Å². The lowest BCUT2D eigenvalue weighted by Gasteiger charge is -2.36. The number of fused-ring (bicyclic) bond motifs is 3. The van der Waals surface area contributed by atoms with Crippen LogP contribution < -0.4 is 10.1 Å². The van der Waals surface area contributed by atoms with E-state index in [1.807, 2.05) is 31.2 Å². The minimum absolute atomic E-state index is 0.190. The predicted molar refractivity (Wildman–Crippen MR) is 130 cm³/mol. The summed E-state index contributed by atoms with van der Waals surface area (Å²) in [4.78, 5) is 18.3. The quantitative estimate of drug-likeness (QED) is 0.739. The summed E-state index contributed by atoms with van der Waals surface area (Å²) in [6.45, 7) is 9.61. The largest absolute Gasteiger partial charge is 0.494 e.